The number of likely N-dealkylation sites (tertiary alicyclic amines) is 1. The zero-order valence-corrected chi connectivity index (χ0v) is 15.0. The molecule has 0 aromatic carbocycles. The van der Waals surface area contributed by atoms with Gasteiger partial charge in [-0.2, -0.15) is 0 Å². The van der Waals surface area contributed by atoms with Gasteiger partial charge in [0.25, 0.3) is 5.56 Å². The molecule has 1 atom stereocenters. The average molecular weight is 360 g/mol. The van der Waals surface area contributed by atoms with E-state index in [1.165, 1.54) is 14.1 Å². The van der Waals surface area contributed by atoms with Crippen LogP contribution >= 0.6 is 0 Å². The van der Waals surface area contributed by atoms with E-state index >= 15 is 0 Å². The second kappa shape index (κ2) is 7.60. The molecule has 0 bridgehead atoms. The largest absolute Gasteiger partial charge is 0.383 e. The van der Waals surface area contributed by atoms with Crippen molar-refractivity contribution in [3.8, 4) is 0 Å². The fourth-order valence-electron chi connectivity index (χ4n) is 2.77. The van der Waals surface area contributed by atoms with Crippen molar-refractivity contribution in [1.82, 2.24) is 18.8 Å². The summed E-state index contributed by atoms with van der Waals surface area (Å²) in [6.07, 6.45) is 1.95. The molecule has 1 N–H and O–H groups in total. The van der Waals surface area contributed by atoms with Gasteiger partial charge in [0, 0.05) is 47.0 Å². The summed E-state index contributed by atoms with van der Waals surface area (Å²) in [5.41, 5.74) is -1.39. The zero-order valence-electron chi connectivity index (χ0n) is 14.2. The number of sulfonamides is 1. The van der Waals surface area contributed by atoms with Gasteiger partial charge >= 0.3 is 5.69 Å². The van der Waals surface area contributed by atoms with Gasteiger partial charge in [-0.3, -0.25) is 9.36 Å². The molecular weight excluding hydrogens is 336 g/mol. The van der Waals surface area contributed by atoms with Crippen molar-refractivity contribution in [2.45, 2.75) is 11.3 Å². The predicted octanol–water partition coefficient (Wildman–Crippen LogP) is -1.67. The van der Waals surface area contributed by atoms with Crippen LogP contribution in [0.1, 0.15) is 6.42 Å². The zero-order chi connectivity index (χ0) is 17.9. The van der Waals surface area contributed by atoms with E-state index in [9.17, 15) is 18.0 Å². The van der Waals surface area contributed by atoms with Crippen LogP contribution in [0.15, 0.2) is 20.7 Å². The number of aryl methyl sites for hydroxylation is 1. The van der Waals surface area contributed by atoms with Gasteiger partial charge in [-0.05, 0) is 18.9 Å². The van der Waals surface area contributed by atoms with Crippen LogP contribution in [0.3, 0.4) is 0 Å². The minimum atomic E-state index is -3.96. The number of nitrogens with one attached hydrogen (secondary N) is 1. The molecule has 2 heterocycles. The summed E-state index contributed by atoms with van der Waals surface area (Å²) in [7, 11) is 0.354. The molecule has 0 aliphatic carbocycles. The molecule has 10 heteroatoms. The average Bonchev–Trinajstić information content (AvgIpc) is 3.00. The summed E-state index contributed by atoms with van der Waals surface area (Å²) in [5.74, 6) is 0.188. The van der Waals surface area contributed by atoms with Crippen molar-refractivity contribution >= 4 is 10.0 Å². The Bertz CT molecular complexity index is 798. The smallest absolute Gasteiger partial charge is 0.330 e. The molecule has 1 fully saturated rings. The lowest BCUT2D eigenvalue weighted by molar-refractivity contribution is 0.159. The molecule has 1 aliphatic rings. The van der Waals surface area contributed by atoms with Crippen molar-refractivity contribution in [3.05, 3.63) is 27.0 Å². The Morgan fingerprint density at radius 2 is 2.04 bits per heavy atom. The third-order valence-electron chi connectivity index (χ3n) is 4.25. The normalized spacial score (nSPS) is 19.0. The van der Waals surface area contributed by atoms with Gasteiger partial charge in [-0.15, -0.1) is 0 Å². The molecule has 0 spiro atoms. The molecule has 2 rings (SSSR count). The molecule has 9 nitrogen and oxygen atoms in total. The standard InChI is InChI=1S/C14H24N4O5S/c1-16-10-12(13(19)17(2)14(16)20)24(21,22)15-8-11-4-5-18(9-11)6-7-23-3/h10-11,15H,4-9H2,1-3H3/t11-/m0/s1. The van der Waals surface area contributed by atoms with Crippen molar-refractivity contribution < 1.29 is 13.2 Å². The van der Waals surface area contributed by atoms with Crippen molar-refractivity contribution in [2.75, 3.05) is 39.9 Å². The van der Waals surface area contributed by atoms with E-state index in [4.69, 9.17) is 4.74 Å². The topological polar surface area (TPSA) is 103 Å². The van der Waals surface area contributed by atoms with Crippen LogP contribution in [-0.2, 0) is 28.9 Å². The minimum absolute atomic E-state index is 0.188. The molecule has 0 unspecified atom stereocenters. The highest BCUT2D eigenvalue weighted by molar-refractivity contribution is 7.89. The van der Waals surface area contributed by atoms with Gasteiger partial charge in [0.05, 0.1) is 6.61 Å². The highest BCUT2D eigenvalue weighted by Crippen LogP contribution is 2.15. The second-order valence-corrected chi connectivity index (χ2v) is 7.79. The lowest BCUT2D eigenvalue weighted by Crippen LogP contribution is -2.42. The number of nitrogens with zero attached hydrogens (tertiary/aromatic N) is 3. The first-order valence-electron chi connectivity index (χ1n) is 7.74. The summed E-state index contributed by atoms with van der Waals surface area (Å²) in [6.45, 7) is 3.42. The van der Waals surface area contributed by atoms with Gasteiger partial charge in [-0.1, -0.05) is 0 Å². The second-order valence-electron chi connectivity index (χ2n) is 6.05. The monoisotopic (exact) mass is 360 g/mol. The maximum atomic E-state index is 12.4. The Morgan fingerprint density at radius 1 is 1.33 bits per heavy atom. The van der Waals surface area contributed by atoms with Gasteiger partial charge in [-0.25, -0.2) is 17.9 Å². The van der Waals surface area contributed by atoms with Crippen molar-refractivity contribution in [2.24, 2.45) is 20.0 Å². The number of methoxy groups -OCH3 is 1. The Morgan fingerprint density at radius 3 is 2.71 bits per heavy atom. The maximum Gasteiger partial charge on any atom is 0.330 e. The highest BCUT2D eigenvalue weighted by Gasteiger charge is 2.26. The van der Waals surface area contributed by atoms with Crippen LogP contribution in [0.4, 0.5) is 0 Å². The molecule has 0 radical (unpaired) electrons. The Balaban J connectivity index is 2.06. The first kappa shape index (κ1) is 18.8. The van der Waals surface area contributed by atoms with Gasteiger partial charge < -0.3 is 14.2 Å². The Hall–Kier alpha value is -1.49. The first-order chi connectivity index (χ1) is 11.3. The molecule has 24 heavy (non-hydrogen) atoms. The highest BCUT2D eigenvalue weighted by atomic mass is 32.2. The number of hydrogen-bond donors (Lipinski definition) is 1. The number of aromatic nitrogens is 2. The Labute approximate surface area is 140 Å². The van der Waals surface area contributed by atoms with E-state index in [2.05, 4.69) is 9.62 Å². The van der Waals surface area contributed by atoms with Crippen LogP contribution in [0.25, 0.3) is 0 Å². The quantitative estimate of drug-likeness (QED) is 0.624. The van der Waals surface area contributed by atoms with Crippen LogP contribution in [-0.4, -0.2) is 62.3 Å². The van der Waals surface area contributed by atoms with E-state index in [0.717, 1.165) is 41.4 Å². The fraction of sp³-hybridized carbons (Fsp3) is 0.714. The molecule has 0 saturated carbocycles. The third kappa shape index (κ3) is 4.12. The number of ether oxygens (including phenoxy) is 1. The van der Waals surface area contributed by atoms with Gasteiger partial charge in [0.2, 0.25) is 10.0 Å². The summed E-state index contributed by atoms with van der Waals surface area (Å²) in [4.78, 5) is 25.5. The summed E-state index contributed by atoms with van der Waals surface area (Å²) >= 11 is 0. The maximum absolute atomic E-state index is 12.4. The minimum Gasteiger partial charge on any atom is -0.383 e. The van der Waals surface area contributed by atoms with E-state index < -0.39 is 26.2 Å². The molecule has 1 saturated heterocycles. The van der Waals surface area contributed by atoms with Crippen molar-refractivity contribution in [1.29, 1.82) is 0 Å². The van der Waals surface area contributed by atoms with Crippen LogP contribution < -0.4 is 16.0 Å². The van der Waals surface area contributed by atoms with E-state index in [0.29, 0.717) is 6.61 Å². The molecule has 0 amide bonds. The summed E-state index contributed by atoms with van der Waals surface area (Å²) in [6, 6.07) is 0. The lowest BCUT2D eigenvalue weighted by atomic mass is 10.1. The van der Waals surface area contributed by atoms with E-state index in [1.807, 2.05) is 0 Å². The lowest BCUT2D eigenvalue weighted by Gasteiger charge is -2.15. The fourth-order valence-corrected chi connectivity index (χ4v) is 4.04. The number of hydrogen-bond acceptors (Lipinski definition) is 6. The van der Waals surface area contributed by atoms with E-state index in [1.54, 1.807) is 7.11 Å². The molecule has 136 valence electrons. The van der Waals surface area contributed by atoms with Gasteiger partial charge in [0.15, 0.2) is 4.90 Å². The molecule has 1 aromatic heterocycles. The number of rotatable bonds is 7. The van der Waals surface area contributed by atoms with Gasteiger partial charge in [0.1, 0.15) is 0 Å². The summed E-state index contributed by atoms with van der Waals surface area (Å²) < 4.78 is 34.2. The molecule has 1 aromatic rings. The van der Waals surface area contributed by atoms with Crippen LogP contribution in [0, 0.1) is 5.92 Å². The predicted molar refractivity (Wildman–Crippen MR) is 88.5 cm³/mol. The molecular formula is C14H24N4O5S. The Kier molecular flexibility index (Phi) is 5.97. The SMILES string of the molecule is COCCN1CC[C@@H](CNS(=O)(=O)c2cn(C)c(=O)n(C)c2=O)C1. The van der Waals surface area contributed by atoms with Crippen LogP contribution in [0.2, 0.25) is 0 Å². The molecule has 1 aliphatic heterocycles. The van der Waals surface area contributed by atoms with E-state index in [-0.39, 0.29) is 12.5 Å². The van der Waals surface area contributed by atoms with Crippen LogP contribution in [0.5, 0.6) is 0 Å². The first-order valence-corrected chi connectivity index (χ1v) is 9.22. The third-order valence-corrected chi connectivity index (χ3v) is 5.65. The van der Waals surface area contributed by atoms with Crippen molar-refractivity contribution in [3.63, 3.8) is 0 Å². The summed E-state index contributed by atoms with van der Waals surface area (Å²) in [5, 5.41) is 0.